The minimum Gasteiger partial charge on any atom is -0.480 e. The van der Waals surface area contributed by atoms with E-state index in [0.29, 0.717) is 25.8 Å². The molecule has 0 spiro atoms. The number of hydrogen-bond acceptors (Lipinski definition) is 2. The molecule has 1 fully saturated rings. The SMILES string of the molecule is CCCCC(c1ccccc1C(F)(F)F)N1CCCC1C(=O)O. The zero-order valence-electron chi connectivity index (χ0n) is 13.1. The number of hydrogen-bond donors (Lipinski definition) is 1. The monoisotopic (exact) mass is 329 g/mol. The van der Waals surface area contributed by atoms with Gasteiger partial charge >= 0.3 is 12.1 Å². The molecule has 2 rings (SSSR count). The molecule has 0 amide bonds. The Bertz CT molecular complexity index is 545. The van der Waals surface area contributed by atoms with E-state index in [4.69, 9.17) is 0 Å². The van der Waals surface area contributed by atoms with Crippen molar-refractivity contribution in [2.24, 2.45) is 0 Å². The summed E-state index contributed by atoms with van der Waals surface area (Å²) in [6.45, 7) is 2.50. The number of halogens is 3. The van der Waals surface area contributed by atoms with Crippen LogP contribution in [-0.2, 0) is 11.0 Å². The molecule has 0 radical (unpaired) electrons. The third kappa shape index (κ3) is 4.05. The summed E-state index contributed by atoms with van der Waals surface area (Å²) in [6, 6.07) is 4.34. The number of unbranched alkanes of at least 4 members (excludes halogenated alkanes) is 1. The van der Waals surface area contributed by atoms with E-state index in [2.05, 4.69) is 0 Å². The fraction of sp³-hybridized carbons (Fsp3) is 0.588. The van der Waals surface area contributed by atoms with Crippen LogP contribution in [0.5, 0.6) is 0 Å². The van der Waals surface area contributed by atoms with Gasteiger partial charge in [0.1, 0.15) is 6.04 Å². The summed E-state index contributed by atoms with van der Waals surface area (Å²) < 4.78 is 40.0. The fourth-order valence-electron chi connectivity index (χ4n) is 3.37. The van der Waals surface area contributed by atoms with Crippen LogP contribution in [0.3, 0.4) is 0 Å². The van der Waals surface area contributed by atoms with Crippen LogP contribution in [0.25, 0.3) is 0 Å². The van der Waals surface area contributed by atoms with E-state index >= 15 is 0 Å². The molecule has 6 heteroatoms. The fourth-order valence-corrected chi connectivity index (χ4v) is 3.37. The number of benzene rings is 1. The molecule has 0 saturated carbocycles. The summed E-state index contributed by atoms with van der Waals surface area (Å²) in [5.74, 6) is -0.950. The van der Waals surface area contributed by atoms with Gasteiger partial charge in [-0.2, -0.15) is 13.2 Å². The second-order valence-electron chi connectivity index (χ2n) is 5.98. The van der Waals surface area contributed by atoms with Gasteiger partial charge < -0.3 is 5.11 Å². The molecule has 0 aliphatic carbocycles. The smallest absolute Gasteiger partial charge is 0.416 e. The predicted molar refractivity (Wildman–Crippen MR) is 81.1 cm³/mol. The van der Waals surface area contributed by atoms with E-state index < -0.39 is 29.8 Å². The minimum absolute atomic E-state index is 0.196. The van der Waals surface area contributed by atoms with E-state index in [0.717, 1.165) is 18.9 Å². The highest BCUT2D eigenvalue weighted by atomic mass is 19.4. The molecule has 1 aliphatic rings. The Morgan fingerprint density at radius 2 is 2.09 bits per heavy atom. The van der Waals surface area contributed by atoms with Crippen LogP contribution in [0.1, 0.15) is 56.2 Å². The molecule has 23 heavy (non-hydrogen) atoms. The van der Waals surface area contributed by atoms with Gasteiger partial charge in [-0.05, 0) is 37.4 Å². The summed E-state index contributed by atoms with van der Waals surface area (Å²) in [4.78, 5) is 13.2. The summed E-state index contributed by atoms with van der Waals surface area (Å²) in [6.07, 6.45) is -1.08. The first kappa shape index (κ1) is 17.8. The number of likely N-dealkylation sites (tertiary alicyclic amines) is 1. The highest BCUT2D eigenvalue weighted by Gasteiger charge is 2.40. The van der Waals surface area contributed by atoms with Crippen molar-refractivity contribution in [3.63, 3.8) is 0 Å². The Morgan fingerprint density at radius 1 is 1.39 bits per heavy atom. The number of carboxylic acid groups (broad SMARTS) is 1. The predicted octanol–water partition coefficient (Wildman–Crippen LogP) is 4.49. The zero-order valence-corrected chi connectivity index (χ0v) is 13.1. The molecule has 2 unspecified atom stereocenters. The number of aliphatic carboxylic acids is 1. The maximum Gasteiger partial charge on any atom is 0.416 e. The van der Waals surface area contributed by atoms with Crippen LogP contribution in [0.2, 0.25) is 0 Å². The standard InChI is InChI=1S/C17H22F3NO2/c1-2-3-9-14(21-11-6-10-15(21)16(22)23)12-7-4-5-8-13(12)17(18,19)20/h4-5,7-8,14-15H,2-3,6,9-11H2,1H3,(H,22,23). The van der Waals surface area contributed by atoms with Crippen LogP contribution in [0.15, 0.2) is 24.3 Å². The van der Waals surface area contributed by atoms with Crippen molar-refractivity contribution >= 4 is 5.97 Å². The van der Waals surface area contributed by atoms with Gasteiger partial charge in [0.05, 0.1) is 5.56 Å². The molecule has 1 aliphatic heterocycles. The van der Waals surface area contributed by atoms with Gasteiger partial charge in [-0.1, -0.05) is 38.0 Å². The second kappa shape index (κ2) is 7.34. The van der Waals surface area contributed by atoms with Gasteiger partial charge in [0, 0.05) is 6.04 Å². The van der Waals surface area contributed by atoms with Crippen LogP contribution < -0.4 is 0 Å². The second-order valence-corrected chi connectivity index (χ2v) is 5.98. The van der Waals surface area contributed by atoms with Crippen molar-refractivity contribution in [3.8, 4) is 0 Å². The van der Waals surface area contributed by atoms with Gasteiger partial charge in [-0.15, -0.1) is 0 Å². The van der Waals surface area contributed by atoms with E-state index in [1.54, 1.807) is 11.0 Å². The van der Waals surface area contributed by atoms with Crippen molar-refractivity contribution in [1.29, 1.82) is 0 Å². The van der Waals surface area contributed by atoms with Gasteiger partial charge in [-0.25, -0.2) is 0 Å². The molecule has 128 valence electrons. The molecule has 1 aromatic rings. The van der Waals surface area contributed by atoms with Crippen molar-refractivity contribution < 1.29 is 23.1 Å². The first-order chi connectivity index (χ1) is 10.9. The van der Waals surface area contributed by atoms with Gasteiger partial charge in [0.15, 0.2) is 0 Å². The van der Waals surface area contributed by atoms with E-state index in [1.165, 1.54) is 12.1 Å². The van der Waals surface area contributed by atoms with Crippen molar-refractivity contribution in [2.45, 2.75) is 57.3 Å². The van der Waals surface area contributed by atoms with Crippen molar-refractivity contribution in [1.82, 2.24) is 4.90 Å². The van der Waals surface area contributed by atoms with E-state index in [1.807, 2.05) is 6.92 Å². The summed E-state index contributed by atoms with van der Waals surface area (Å²) in [5.41, 5.74) is -0.459. The average molecular weight is 329 g/mol. The van der Waals surface area contributed by atoms with Crippen molar-refractivity contribution in [3.05, 3.63) is 35.4 Å². The van der Waals surface area contributed by atoms with Crippen LogP contribution in [0, 0.1) is 0 Å². The Morgan fingerprint density at radius 3 is 2.70 bits per heavy atom. The molecule has 1 aromatic carbocycles. The van der Waals surface area contributed by atoms with Crippen LogP contribution in [0.4, 0.5) is 13.2 Å². The lowest BCUT2D eigenvalue weighted by molar-refractivity contribution is -0.143. The molecular formula is C17H22F3NO2. The van der Waals surface area contributed by atoms with Crippen LogP contribution >= 0.6 is 0 Å². The third-order valence-electron chi connectivity index (χ3n) is 4.44. The van der Waals surface area contributed by atoms with Crippen LogP contribution in [-0.4, -0.2) is 28.6 Å². The lowest BCUT2D eigenvalue weighted by Crippen LogP contribution is -2.39. The molecule has 3 nitrogen and oxygen atoms in total. The van der Waals surface area contributed by atoms with E-state index in [-0.39, 0.29) is 5.56 Å². The number of alkyl halides is 3. The third-order valence-corrected chi connectivity index (χ3v) is 4.44. The maximum atomic E-state index is 13.3. The Balaban J connectivity index is 2.41. The highest BCUT2D eigenvalue weighted by molar-refractivity contribution is 5.74. The summed E-state index contributed by atoms with van der Waals surface area (Å²) in [5, 5.41) is 9.37. The highest BCUT2D eigenvalue weighted by Crippen LogP contribution is 2.40. The largest absolute Gasteiger partial charge is 0.480 e. The number of nitrogens with zero attached hydrogens (tertiary/aromatic N) is 1. The Kier molecular flexibility index (Phi) is 5.68. The van der Waals surface area contributed by atoms with Gasteiger partial charge in [0.2, 0.25) is 0 Å². The lowest BCUT2D eigenvalue weighted by atomic mass is 9.94. The molecule has 1 N–H and O–H groups in total. The molecule has 0 bridgehead atoms. The zero-order chi connectivity index (χ0) is 17.0. The van der Waals surface area contributed by atoms with Gasteiger partial charge in [-0.3, -0.25) is 9.69 Å². The molecule has 1 heterocycles. The Labute approximate surface area is 134 Å². The lowest BCUT2D eigenvalue weighted by Gasteiger charge is -2.33. The molecule has 2 atom stereocenters. The minimum atomic E-state index is -4.43. The number of carbonyl (C=O) groups is 1. The quantitative estimate of drug-likeness (QED) is 0.836. The number of rotatable bonds is 6. The van der Waals surface area contributed by atoms with Crippen molar-refractivity contribution in [2.75, 3.05) is 6.54 Å². The first-order valence-corrected chi connectivity index (χ1v) is 8.01. The van der Waals surface area contributed by atoms with Gasteiger partial charge in [0.25, 0.3) is 0 Å². The maximum absolute atomic E-state index is 13.3. The van der Waals surface area contributed by atoms with E-state index in [9.17, 15) is 23.1 Å². The number of carboxylic acids is 1. The molecule has 0 aromatic heterocycles. The molecular weight excluding hydrogens is 307 g/mol. The topological polar surface area (TPSA) is 40.5 Å². The average Bonchev–Trinajstić information content (AvgIpc) is 2.97. The first-order valence-electron chi connectivity index (χ1n) is 8.01. The summed E-state index contributed by atoms with van der Waals surface area (Å²) >= 11 is 0. The molecule has 1 saturated heterocycles. The summed E-state index contributed by atoms with van der Waals surface area (Å²) in [7, 11) is 0. The Hall–Kier alpha value is -1.56. The normalized spacial score (nSPS) is 20.6.